The molecule has 56 valence electrons. The number of carbonyl (C=O) groups excluding carboxylic acids is 1. The van der Waals surface area contributed by atoms with Crippen LogP contribution in [-0.2, 0) is 4.79 Å². The van der Waals surface area contributed by atoms with Gasteiger partial charge in [0.25, 0.3) is 0 Å². The van der Waals surface area contributed by atoms with Crippen LogP contribution in [0.4, 0.5) is 0 Å². The first-order valence-electron chi connectivity index (χ1n) is 3.35. The molecule has 0 N–H and O–H groups in total. The molecule has 0 aromatic heterocycles. The van der Waals surface area contributed by atoms with E-state index in [0.717, 1.165) is 0 Å². The number of carbonyl (C=O) groups is 1. The minimum atomic E-state index is -0.949. The van der Waals surface area contributed by atoms with Crippen LogP contribution in [0.2, 0.25) is 0 Å². The molecule has 0 heterocycles. The van der Waals surface area contributed by atoms with Crippen molar-refractivity contribution in [3.05, 3.63) is 12.7 Å². The summed E-state index contributed by atoms with van der Waals surface area (Å²) in [5.41, 5.74) is -0.124. The van der Waals surface area contributed by atoms with Gasteiger partial charge >= 0.3 is 29.6 Å². The van der Waals surface area contributed by atoms with Gasteiger partial charge in [-0.2, -0.15) is 0 Å². The van der Waals surface area contributed by atoms with E-state index in [4.69, 9.17) is 0 Å². The second kappa shape index (κ2) is 3.30. The Kier molecular flexibility index (Phi) is 3.36. The molecule has 1 aliphatic carbocycles. The molecule has 0 aromatic rings. The van der Waals surface area contributed by atoms with Gasteiger partial charge in [0, 0.05) is 11.9 Å². The minimum absolute atomic E-state index is 0. The summed E-state index contributed by atoms with van der Waals surface area (Å²) >= 11 is 0. The molecule has 0 bridgehead atoms. The smallest absolute Gasteiger partial charge is 0.550 e. The molecule has 0 saturated heterocycles. The van der Waals surface area contributed by atoms with Gasteiger partial charge < -0.3 is 9.90 Å². The van der Waals surface area contributed by atoms with E-state index in [0.29, 0.717) is 0 Å². The first-order valence-corrected chi connectivity index (χ1v) is 3.35. The van der Waals surface area contributed by atoms with E-state index in [-0.39, 0.29) is 46.8 Å². The molecule has 1 rings (SSSR count). The van der Waals surface area contributed by atoms with E-state index in [1.54, 1.807) is 6.08 Å². The molecule has 0 radical (unpaired) electrons. The van der Waals surface area contributed by atoms with Crippen LogP contribution in [-0.4, -0.2) is 5.97 Å². The van der Waals surface area contributed by atoms with Crippen LogP contribution in [0.3, 0.4) is 0 Å². The zero-order valence-corrected chi connectivity index (χ0v) is 9.26. The van der Waals surface area contributed by atoms with Crippen molar-refractivity contribution >= 4 is 5.97 Å². The third-order valence-corrected chi connectivity index (χ3v) is 2.42. The summed E-state index contributed by atoms with van der Waals surface area (Å²) in [7, 11) is 0. The quantitative estimate of drug-likeness (QED) is 0.325. The third-order valence-electron chi connectivity index (χ3n) is 2.42. The van der Waals surface area contributed by atoms with Crippen LogP contribution in [0.15, 0.2) is 12.7 Å². The van der Waals surface area contributed by atoms with Crippen LogP contribution >= 0.6 is 0 Å². The first kappa shape index (κ1) is 11.2. The van der Waals surface area contributed by atoms with Gasteiger partial charge in [-0.15, -0.1) is 6.58 Å². The Morgan fingerprint density at radius 3 is 2.18 bits per heavy atom. The fourth-order valence-electron chi connectivity index (χ4n) is 1.57. The van der Waals surface area contributed by atoms with E-state index in [9.17, 15) is 9.90 Å². The summed E-state index contributed by atoms with van der Waals surface area (Å²) in [6.45, 7) is 7.39. The van der Waals surface area contributed by atoms with Gasteiger partial charge in [0.15, 0.2) is 0 Å². The van der Waals surface area contributed by atoms with Crippen LogP contribution in [0.1, 0.15) is 13.8 Å². The third kappa shape index (κ3) is 1.68. The predicted octanol–water partition coefficient (Wildman–Crippen LogP) is -2.80. The largest absolute Gasteiger partial charge is 1.00 e. The maximum atomic E-state index is 10.4. The Morgan fingerprint density at radius 2 is 2.09 bits per heavy atom. The van der Waals surface area contributed by atoms with Crippen molar-refractivity contribution in [2.24, 2.45) is 17.3 Å². The minimum Gasteiger partial charge on any atom is -0.550 e. The number of hydrogen-bond donors (Lipinski definition) is 0. The Balaban J connectivity index is 0.000001000. The number of rotatable bonds is 2. The van der Waals surface area contributed by atoms with Crippen molar-refractivity contribution in [3.8, 4) is 0 Å². The summed E-state index contributed by atoms with van der Waals surface area (Å²) in [4.78, 5) is 10.4. The SMILES string of the molecule is C=CC1C(C(=O)[O-])C1(C)C.[Na+]. The van der Waals surface area contributed by atoms with Gasteiger partial charge in [0.1, 0.15) is 0 Å². The topological polar surface area (TPSA) is 40.1 Å². The van der Waals surface area contributed by atoms with Crippen molar-refractivity contribution in [2.45, 2.75) is 13.8 Å². The zero-order valence-electron chi connectivity index (χ0n) is 7.26. The van der Waals surface area contributed by atoms with Gasteiger partial charge in [-0.3, -0.25) is 0 Å². The molecule has 0 aliphatic heterocycles. The van der Waals surface area contributed by atoms with Crippen molar-refractivity contribution in [1.29, 1.82) is 0 Å². The van der Waals surface area contributed by atoms with Gasteiger partial charge in [0.2, 0.25) is 0 Å². The summed E-state index contributed by atoms with van der Waals surface area (Å²) in [5, 5.41) is 10.4. The Morgan fingerprint density at radius 1 is 1.64 bits per heavy atom. The second-order valence-electron chi connectivity index (χ2n) is 3.38. The fraction of sp³-hybridized carbons (Fsp3) is 0.625. The molecule has 2 nitrogen and oxygen atoms in total. The average molecular weight is 162 g/mol. The average Bonchev–Trinajstić information content (AvgIpc) is 2.33. The predicted molar refractivity (Wildman–Crippen MR) is 36.0 cm³/mol. The van der Waals surface area contributed by atoms with Gasteiger partial charge in [-0.1, -0.05) is 19.9 Å². The molecule has 0 amide bonds. The van der Waals surface area contributed by atoms with Crippen LogP contribution in [0.25, 0.3) is 0 Å². The molecule has 1 fully saturated rings. The number of carboxylic acid groups (broad SMARTS) is 1. The van der Waals surface area contributed by atoms with Crippen LogP contribution < -0.4 is 34.7 Å². The van der Waals surface area contributed by atoms with Crippen molar-refractivity contribution in [3.63, 3.8) is 0 Å². The van der Waals surface area contributed by atoms with Crippen molar-refractivity contribution < 1.29 is 39.5 Å². The second-order valence-corrected chi connectivity index (χ2v) is 3.38. The van der Waals surface area contributed by atoms with Crippen LogP contribution in [0, 0.1) is 17.3 Å². The molecule has 11 heavy (non-hydrogen) atoms. The van der Waals surface area contributed by atoms with Gasteiger partial charge in [-0.25, -0.2) is 0 Å². The molecule has 0 aromatic carbocycles. The molecular formula is C8H11NaO2. The summed E-state index contributed by atoms with van der Waals surface area (Å²) in [6.07, 6.45) is 1.69. The van der Waals surface area contributed by atoms with E-state index in [1.165, 1.54) is 0 Å². The molecule has 3 heteroatoms. The first-order chi connectivity index (χ1) is 4.51. The normalized spacial score (nSPS) is 31.8. The molecule has 1 saturated carbocycles. The van der Waals surface area contributed by atoms with Crippen molar-refractivity contribution in [1.82, 2.24) is 0 Å². The Hall–Kier alpha value is 0.210. The molecule has 2 atom stereocenters. The molecular weight excluding hydrogens is 151 g/mol. The van der Waals surface area contributed by atoms with E-state index < -0.39 is 5.97 Å². The van der Waals surface area contributed by atoms with Gasteiger partial charge in [-0.05, 0) is 11.3 Å². The number of carboxylic acids is 1. The standard InChI is InChI=1S/C8H12O2.Na/c1-4-5-6(7(9)10)8(5,2)3;/h4-6H,1H2,2-3H3,(H,9,10);/q;+1/p-1. The van der Waals surface area contributed by atoms with Gasteiger partial charge in [0.05, 0.1) is 0 Å². The summed E-state index contributed by atoms with van der Waals surface area (Å²) in [6, 6.07) is 0. The van der Waals surface area contributed by atoms with Crippen molar-refractivity contribution in [2.75, 3.05) is 0 Å². The maximum absolute atomic E-state index is 10.4. The number of hydrogen-bond acceptors (Lipinski definition) is 2. The zero-order chi connectivity index (χ0) is 7.94. The van der Waals surface area contributed by atoms with E-state index >= 15 is 0 Å². The van der Waals surface area contributed by atoms with E-state index in [2.05, 4.69) is 6.58 Å². The fourth-order valence-corrected chi connectivity index (χ4v) is 1.57. The van der Waals surface area contributed by atoms with Crippen LogP contribution in [0.5, 0.6) is 0 Å². The number of allylic oxidation sites excluding steroid dienone is 1. The summed E-state index contributed by atoms with van der Waals surface area (Å²) < 4.78 is 0. The Labute approximate surface area is 89.0 Å². The van der Waals surface area contributed by atoms with E-state index in [1.807, 2.05) is 13.8 Å². The summed E-state index contributed by atoms with van der Waals surface area (Å²) in [5.74, 6) is -1.16. The molecule has 1 aliphatic rings. The maximum Gasteiger partial charge on any atom is 1.00 e. The monoisotopic (exact) mass is 162 g/mol. The number of aliphatic carboxylic acids is 1. The molecule has 0 spiro atoms. The molecule has 2 unspecified atom stereocenters. The Bertz CT molecular complexity index is 187.